The molecule has 0 aliphatic heterocycles. The molecule has 0 aliphatic rings. The average Bonchev–Trinajstić information content (AvgIpc) is 2.34. The van der Waals surface area contributed by atoms with E-state index in [0.29, 0.717) is 11.5 Å². The molecule has 92 valence electrons. The van der Waals surface area contributed by atoms with Crippen LogP contribution in [0.15, 0.2) is 41.5 Å². The molecular formula is C14H18O2S. The highest BCUT2D eigenvalue weighted by Crippen LogP contribution is 2.16. The molecule has 0 N–H and O–H groups in total. The molecule has 17 heavy (non-hydrogen) atoms. The molecule has 2 nitrogen and oxygen atoms in total. The maximum atomic E-state index is 11.4. The second-order valence-electron chi connectivity index (χ2n) is 3.68. The van der Waals surface area contributed by atoms with Crippen LogP contribution in [0.2, 0.25) is 0 Å². The van der Waals surface area contributed by atoms with Crippen LogP contribution in [0.3, 0.4) is 0 Å². The number of rotatable bonds is 7. The van der Waals surface area contributed by atoms with E-state index in [2.05, 4.69) is 6.92 Å². The van der Waals surface area contributed by atoms with E-state index in [1.807, 2.05) is 35.7 Å². The standard InChI is InChI=1S/C14H18O2S/c1-3-4-10-17-11-14(12(2)15)16-13-8-6-5-7-9-13/h5-9,11H,3-4,10H2,1-2H3/b14-11-. The van der Waals surface area contributed by atoms with Crippen molar-refractivity contribution in [3.63, 3.8) is 0 Å². The van der Waals surface area contributed by atoms with Gasteiger partial charge in [-0.15, -0.1) is 11.8 Å². The number of hydrogen-bond acceptors (Lipinski definition) is 3. The number of allylic oxidation sites excluding steroid dienone is 1. The summed E-state index contributed by atoms with van der Waals surface area (Å²) in [6, 6.07) is 9.37. The first-order chi connectivity index (χ1) is 8.24. The molecule has 0 radical (unpaired) electrons. The molecule has 0 aliphatic carbocycles. The Hall–Kier alpha value is -1.22. The van der Waals surface area contributed by atoms with E-state index in [1.54, 1.807) is 11.8 Å². The Morgan fingerprint density at radius 2 is 2.06 bits per heavy atom. The SMILES string of the molecule is CCCCS/C=C(\Oc1ccccc1)C(C)=O. The summed E-state index contributed by atoms with van der Waals surface area (Å²) in [4.78, 5) is 11.4. The zero-order chi connectivity index (χ0) is 12.5. The van der Waals surface area contributed by atoms with Crippen molar-refractivity contribution in [2.24, 2.45) is 0 Å². The van der Waals surface area contributed by atoms with Crippen molar-refractivity contribution in [1.82, 2.24) is 0 Å². The Bertz CT molecular complexity index is 371. The molecule has 0 aromatic heterocycles. The molecular weight excluding hydrogens is 232 g/mol. The summed E-state index contributed by atoms with van der Waals surface area (Å²) < 4.78 is 5.55. The molecule has 1 rings (SSSR count). The Morgan fingerprint density at radius 3 is 2.65 bits per heavy atom. The van der Waals surface area contributed by atoms with Crippen LogP contribution in [0.1, 0.15) is 26.7 Å². The summed E-state index contributed by atoms with van der Waals surface area (Å²) in [6.07, 6.45) is 2.31. The fraction of sp³-hybridized carbons (Fsp3) is 0.357. The van der Waals surface area contributed by atoms with Crippen molar-refractivity contribution in [3.8, 4) is 5.75 Å². The summed E-state index contributed by atoms with van der Waals surface area (Å²) in [7, 11) is 0. The predicted octanol–water partition coefficient (Wildman–Crippen LogP) is 4.03. The number of ketones is 1. The molecule has 0 bridgehead atoms. The van der Waals surface area contributed by atoms with Gasteiger partial charge >= 0.3 is 0 Å². The predicted molar refractivity (Wildman–Crippen MR) is 73.2 cm³/mol. The van der Waals surface area contributed by atoms with Gasteiger partial charge in [0.15, 0.2) is 11.5 Å². The number of Topliss-reactive ketones (excluding diaryl/α,β-unsaturated/α-hetero) is 1. The molecule has 0 atom stereocenters. The fourth-order valence-corrected chi connectivity index (χ4v) is 2.10. The van der Waals surface area contributed by atoms with Crippen LogP contribution in [0.4, 0.5) is 0 Å². The third kappa shape index (κ3) is 5.59. The molecule has 1 aromatic rings. The zero-order valence-corrected chi connectivity index (χ0v) is 11.1. The normalized spacial score (nSPS) is 11.3. The largest absolute Gasteiger partial charge is 0.453 e. The summed E-state index contributed by atoms with van der Waals surface area (Å²) in [5.41, 5.74) is 0. The van der Waals surface area contributed by atoms with Gasteiger partial charge in [0.2, 0.25) is 0 Å². The number of thioether (sulfide) groups is 1. The third-order valence-electron chi connectivity index (χ3n) is 2.12. The fourth-order valence-electron chi connectivity index (χ4n) is 1.16. The zero-order valence-electron chi connectivity index (χ0n) is 10.3. The lowest BCUT2D eigenvalue weighted by Crippen LogP contribution is -2.04. The molecule has 0 fully saturated rings. The van der Waals surface area contributed by atoms with E-state index < -0.39 is 0 Å². The highest BCUT2D eigenvalue weighted by Gasteiger charge is 2.06. The Morgan fingerprint density at radius 1 is 1.35 bits per heavy atom. The summed E-state index contributed by atoms with van der Waals surface area (Å²) in [6.45, 7) is 3.67. The lowest BCUT2D eigenvalue weighted by atomic mass is 10.3. The highest BCUT2D eigenvalue weighted by atomic mass is 32.2. The van der Waals surface area contributed by atoms with Crippen LogP contribution in [-0.4, -0.2) is 11.5 Å². The van der Waals surface area contributed by atoms with E-state index in [4.69, 9.17) is 4.74 Å². The first-order valence-corrected chi connectivity index (χ1v) is 6.84. The van der Waals surface area contributed by atoms with Crippen molar-refractivity contribution in [2.75, 3.05) is 5.75 Å². The van der Waals surface area contributed by atoms with Crippen LogP contribution in [0.25, 0.3) is 0 Å². The van der Waals surface area contributed by atoms with E-state index in [0.717, 1.165) is 18.6 Å². The number of ether oxygens (including phenoxy) is 1. The number of carbonyl (C=O) groups excluding carboxylic acids is 1. The van der Waals surface area contributed by atoms with Gasteiger partial charge < -0.3 is 4.74 Å². The van der Waals surface area contributed by atoms with Gasteiger partial charge in [0, 0.05) is 12.3 Å². The van der Waals surface area contributed by atoms with E-state index in [-0.39, 0.29) is 5.78 Å². The first kappa shape index (κ1) is 13.8. The minimum Gasteiger partial charge on any atom is -0.453 e. The minimum absolute atomic E-state index is 0.0437. The summed E-state index contributed by atoms with van der Waals surface area (Å²) in [5, 5.41) is 1.81. The quantitative estimate of drug-likeness (QED) is 0.415. The second-order valence-corrected chi connectivity index (χ2v) is 4.66. The average molecular weight is 250 g/mol. The van der Waals surface area contributed by atoms with Crippen LogP contribution < -0.4 is 4.74 Å². The number of hydrogen-bond donors (Lipinski definition) is 0. The van der Waals surface area contributed by atoms with E-state index in [9.17, 15) is 4.79 Å². The lowest BCUT2D eigenvalue weighted by molar-refractivity contribution is -0.115. The molecule has 1 aromatic carbocycles. The highest BCUT2D eigenvalue weighted by molar-refractivity contribution is 8.02. The van der Waals surface area contributed by atoms with Crippen molar-refractivity contribution in [3.05, 3.63) is 41.5 Å². The molecule has 0 amide bonds. The van der Waals surface area contributed by atoms with Crippen LogP contribution in [0, 0.1) is 0 Å². The van der Waals surface area contributed by atoms with Crippen LogP contribution in [-0.2, 0) is 4.79 Å². The topological polar surface area (TPSA) is 26.3 Å². The van der Waals surface area contributed by atoms with Gasteiger partial charge in [-0.2, -0.15) is 0 Å². The van der Waals surface area contributed by atoms with E-state index >= 15 is 0 Å². The maximum Gasteiger partial charge on any atom is 0.195 e. The van der Waals surface area contributed by atoms with Crippen molar-refractivity contribution in [1.29, 1.82) is 0 Å². The van der Waals surface area contributed by atoms with Gasteiger partial charge in [0.05, 0.1) is 0 Å². The van der Waals surface area contributed by atoms with Crippen molar-refractivity contribution < 1.29 is 9.53 Å². The minimum atomic E-state index is -0.0437. The molecule has 0 unspecified atom stereocenters. The van der Waals surface area contributed by atoms with Gasteiger partial charge in [-0.1, -0.05) is 31.5 Å². The monoisotopic (exact) mass is 250 g/mol. The first-order valence-electron chi connectivity index (χ1n) is 5.79. The Labute approximate surface area is 107 Å². The summed E-state index contributed by atoms with van der Waals surface area (Å²) in [5.74, 6) is 2.09. The van der Waals surface area contributed by atoms with Crippen LogP contribution >= 0.6 is 11.8 Å². The molecule has 0 spiro atoms. The number of para-hydroxylation sites is 1. The lowest BCUT2D eigenvalue weighted by Gasteiger charge is -2.06. The van der Waals surface area contributed by atoms with Gasteiger partial charge in [0.1, 0.15) is 5.75 Å². The van der Waals surface area contributed by atoms with Gasteiger partial charge in [-0.3, -0.25) is 4.79 Å². The number of unbranched alkanes of at least 4 members (excludes halogenated alkanes) is 1. The van der Waals surface area contributed by atoms with Crippen molar-refractivity contribution >= 4 is 17.5 Å². The van der Waals surface area contributed by atoms with Gasteiger partial charge in [0.25, 0.3) is 0 Å². The molecule has 3 heteroatoms. The van der Waals surface area contributed by atoms with E-state index in [1.165, 1.54) is 6.92 Å². The smallest absolute Gasteiger partial charge is 0.195 e. The Balaban J connectivity index is 2.57. The van der Waals surface area contributed by atoms with Crippen LogP contribution in [0.5, 0.6) is 5.75 Å². The van der Waals surface area contributed by atoms with Gasteiger partial charge in [-0.25, -0.2) is 0 Å². The van der Waals surface area contributed by atoms with Crippen molar-refractivity contribution in [2.45, 2.75) is 26.7 Å². The number of benzene rings is 1. The molecule has 0 heterocycles. The van der Waals surface area contributed by atoms with Gasteiger partial charge in [-0.05, 0) is 24.3 Å². The maximum absolute atomic E-state index is 11.4. The molecule has 0 saturated carbocycles. The Kier molecular flexibility index (Phi) is 6.48. The number of carbonyl (C=O) groups is 1. The summed E-state index contributed by atoms with van der Waals surface area (Å²) >= 11 is 1.63. The third-order valence-corrected chi connectivity index (χ3v) is 3.03. The second kappa shape index (κ2) is 7.96. The molecule has 0 saturated heterocycles.